The molecule has 0 aromatic heterocycles. The lowest BCUT2D eigenvalue weighted by Gasteiger charge is -2.18. The Morgan fingerprint density at radius 2 is 1.81 bits per heavy atom. The molecule has 0 aliphatic carbocycles. The van der Waals surface area contributed by atoms with E-state index in [-0.39, 0.29) is 25.9 Å². The van der Waals surface area contributed by atoms with Crippen LogP contribution in [0.15, 0.2) is 0 Å². The highest BCUT2D eigenvalue weighted by Crippen LogP contribution is 1.98. The molecule has 0 rings (SSSR count). The Kier molecular flexibility index (Phi) is 10.4. The van der Waals surface area contributed by atoms with Gasteiger partial charge in [0.2, 0.25) is 0 Å². The van der Waals surface area contributed by atoms with Crippen molar-refractivity contribution in [3.05, 3.63) is 0 Å². The highest BCUT2D eigenvalue weighted by Gasteiger charge is 2.11. The number of hydrogen-bond donors (Lipinski definition) is 2. The molecule has 5 nitrogen and oxygen atoms in total. The number of hydrogen-bond acceptors (Lipinski definition) is 5. The van der Waals surface area contributed by atoms with E-state index < -0.39 is 6.10 Å². The van der Waals surface area contributed by atoms with Gasteiger partial charge in [0, 0.05) is 0 Å². The van der Waals surface area contributed by atoms with Crippen LogP contribution in [0.25, 0.3) is 0 Å². The second kappa shape index (κ2) is 10.9. The van der Waals surface area contributed by atoms with Crippen LogP contribution in [0.3, 0.4) is 0 Å². The molecule has 0 saturated heterocycles. The molecule has 0 spiro atoms. The third-order valence-corrected chi connectivity index (χ3v) is 1.74. The van der Waals surface area contributed by atoms with Gasteiger partial charge in [-0.2, -0.15) is 0 Å². The first-order chi connectivity index (χ1) is 7.74. The zero-order valence-corrected chi connectivity index (χ0v) is 9.59. The van der Waals surface area contributed by atoms with Crippen molar-refractivity contribution in [3.8, 4) is 12.3 Å². The monoisotopic (exact) mass is 232 g/mol. The summed E-state index contributed by atoms with van der Waals surface area (Å²) in [5.74, 6) is 2.35. The van der Waals surface area contributed by atoms with E-state index in [1.807, 2.05) is 0 Å². The Balaban J connectivity index is 3.36. The lowest BCUT2D eigenvalue weighted by atomic mass is 10.3. The predicted molar refractivity (Wildman–Crippen MR) is 59.0 cm³/mol. The van der Waals surface area contributed by atoms with Crippen molar-refractivity contribution in [2.45, 2.75) is 19.1 Å². The van der Waals surface area contributed by atoms with E-state index in [2.05, 4.69) is 5.92 Å². The van der Waals surface area contributed by atoms with Crippen molar-refractivity contribution in [2.24, 2.45) is 0 Å². The number of aliphatic hydroxyl groups is 2. The SMILES string of the molecule is C#CCOCCOCC(C)OC(CO)CO. The molecule has 16 heavy (non-hydrogen) atoms. The molecule has 0 saturated carbocycles. The average molecular weight is 232 g/mol. The van der Waals surface area contributed by atoms with Crippen LogP contribution in [0.5, 0.6) is 0 Å². The fourth-order valence-electron chi connectivity index (χ4n) is 1.01. The maximum absolute atomic E-state index is 8.78. The molecule has 94 valence electrons. The Bertz CT molecular complexity index is 185. The molecule has 0 aliphatic rings. The molecular formula is C11H20O5. The molecule has 0 aromatic carbocycles. The van der Waals surface area contributed by atoms with Crippen LogP contribution in [0, 0.1) is 12.3 Å². The lowest BCUT2D eigenvalue weighted by molar-refractivity contribution is -0.0866. The van der Waals surface area contributed by atoms with Gasteiger partial charge in [0.1, 0.15) is 12.7 Å². The van der Waals surface area contributed by atoms with Gasteiger partial charge >= 0.3 is 0 Å². The predicted octanol–water partition coefficient (Wildman–Crippen LogP) is -0.589. The number of aliphatic hydroxyl groups excluding tert-OH is 2. The van der Waals surface area contributed by atoms with E-state index in [4.69, 9.17) is 30.8 Å². The molecular weight excluding hydrogens is 212 g/mol. The quantitative estimate of drug-likeness (QED) is 0.389. The van der Waals surface area contributed by atoms with E-state index in [1.54, 1.807) is 6.92 Å². The first-order valence-corrected chi connectivity index (χ1v) is 5.20. The van der Waals surface area contributed by atoms with Gasteiger partial charge in [-0.3, -0.25) is 0 Å². The molecule has 5 heteroatoms. The smallest absolute Gasteiger partial charge is 0.107 e. The van der Waals surface area contributed by atoms with Gasteiger partial charge in [0.15, 0.2) is 0 Å². The first-order valence-electron chi connectivity index (χ1n) is 5.20. The number of terminal acetylenes is 1. The fraction of sp³-hybridized carbons (Fsp3) is 0.818. The zero-order valence-electron chi connectivity index (χ0n) is 9.59. The Labute approximate surface area is 96.3 Å². The number of rotatable bonds is 10. The first kappa shape index (κ1) is 15.4. The van der Waals surface area contributed by atoms with E-state index >= 15 is 0 Å². The highest BCUT2D eigenvalue weighted by atomic mass is 16.6. The molecule has 1 unspecified atom stereocenters. The third-order valence-electron chi connectivity index (χ3n) is 1.74. The fourth-order valence-corrected chi connectivity index (χ4v) is 1.01. The van der Waals surface area contributed by atoms with Crippen molar-refractivity contribution in [1.82, 2.24) is 0 Å². The van der Waals surface area contributed by atoms with Crippen molar-refractivity contribution in [1.29, 1.82) is 0 Å². The Morgan fingerprint density at radius 3 is 2.38 bits per heavy atom. The minimum absolute atomic E-state index is 0.183. The summed E-state index contributed by atoms with van der Waals surface area (Å²) in [5, 5.41) is 17.6. The molecule has 0 bridgehead atoms. The summed E-state index contributed by atoms with van der Waals surface area (Å²) in [6.45, 7) is 2.96. The van der Waals surface area contributed by atoms with Gasteiger partial charge in [-0.05, 0) is 6.92 Å². The van der Waals surface area contributed by atoms with Gasteiger partial charge < -0.3 is 24.4 Å². The average Bonchev–Trinajstić information content (AvgIpc) is 2.30. The summed E-state index contributed by atoms with van der Waals surface area (Å²) in [6, 6.07) is 0. The Morgan fingerprint density at radius 1 is 1.19 bits per heavy atom. The molecule has 0 aromatic rings. The molecule has 0 heterocycles. The van der Waals surface area contributed by atoms with Gasteiger partial charge in [0.05, 0.1) is 39.1 Å². The second-order valence-electron chi connectivity index (χ2n) is 3.27. The van der Waals surface area contributed by atoms with Crippen molar-refractivity contribution >= 4 is 0 Å². The maximum atomic E-state index is 8.78. The summed E-state index contributed by atoms with van der Waals surface area (Å²) in [4.78, 5) is 0. The van der Waals surface area contributed by atoms with Crippen LogP contribution in [-0.2, 0) is 14.2 Å². The summed E-state index contributed by atoms with van der Waals surface area (Å²) in [6.07, 6.45) is 4.27. The largest absolute Gasteiger partial charge is 0.394 e. The molecule has 2 N–H and O–H groups in total. The summed E-state index contributed by atoms with van der Waals surface area (Å²) < 4.78 is 15.5. The number of ether oxygens (including phenoxy) is 3. The summed E-state index contributed by atoms with van der Waals surface area (Å²) >= 11 is 0. The Hall–Kier alpha value is -0.640. The van der Waals surface area contributed by atoms with Crippen molar-refractivity contribution < 1.29 is 24.4 Å². The topological polar surface area (TPSA) is 68.2 Å². The standard InChI is InChI=1S/C11H20O5/c1-3-4-14-5-6-15-9-10(2)16-11(7-12)8-13/h1,10-13H,4-9H2,2H3. The van der Waals surface area contributed by atoms with Crippen LogP contribution in [0.4, 0.5) is 0 Å². The highest BCUT2D eigenvalue weighted by molar-refractivity contribution is 4.82. The van der Waals surface area contributed by atoms with Gasteiger partial charge in [-0.15, -0.1) is 6.42 Å². The van der Waals surface area contributed by atoms with Gasteiger partial charge in [0.25, 0.3) is 0 Å². The van der Waals surface area contributed by atoms with Gasteiger partial charge in [-0.1, -0.05) is 5.92 Å². The zero-order chi connectivity index (χ0) is 12.2. The molecule has 0 amide bonds. The van der Waals surface area contributed by atoms with Gasteiger partial charge in [-0.25, -0.2) is 0 Å². The van der Waals surface area contributed by atoms with Crippen LogP contribution >= 0.6 is 0 Å². The third kappa shape index (κ3) is 8.65. The second-order valence-corrected chi connectivity index (χ2v) is 3.27. The summed E-state index contributed by atoms with van der Waals surface area (Å²) in [5.41, 5.74) is 0. The van der Waals surface area contributed by atoms with E-state index in [0.29, 0.717) is 19.8 Å². The molecule has 0 radical (unpaired) electrons. The molecule has 1 atom stereocenters. The van der Waals surface area contributed by atoms with Crippen LogP contribution in [0.1, 0.15) is 6.92 Å². The van der Waals surface area contributed by atoms with E-state index in [0.717, 1.165) is 0 Å². The minimum Gasteiger partial charge on any atom is -0.394 e. The molecule has 0 fully saturated rings. The van der Waals surface area contributed by atoms with Crippen molar-refractivity contribution in [2.75, 3.05) is 39.6 Å². The lowest BCUT2D eigenvalue weighted by Crippen LogP contribution is -2.29. The normalized spacial score (nSPS) is 12.7. The summed E-state index contributed by atoms with van der Waals surface area (Å²) in [7, 11) is 0. The van der Waals surface area contributed by atoms with E-state index in [9.17, 15) is 0 Å². The van der Waals surface area contributed by atoms with Crippen LogP contribution in [-0.4, -0.2) is 62.1 Å². The van der Waals surface area contributed by atoms with E-state index in [1.165, 1.54) is 0 Å². The minimum atomic E-state index is -0.545. The van der Waals surface area contributed by atoms with Crippen molar-refractivity contribution in [3.63, 3.8) is 0 Å². The van der Waals surface area contributed by atoms with Crippen LogP contribution < -0.4 is 0 Å². The van der Waals surface area contributed by atoms with Crippen LogP contribution in [0.2, 0.25) is 0 Å². The maximum Gasteiger partial charge on any atom is 0.107 e. The molecule has 0 aliphatic heterocycles.